The van der Waals surface area contributed by atoms with E-state index in [1.54, 1.807) is 28.5 Å². The number of amides is 1. The molecule has 5 rings (SSSR count). The summed E-state index contributed by atoms with van der Waals surface area (Å²) >= 11 is 1.54. The molecule has 2 aliphatic rings. The lowest BCUT2D eigenvalue weighted by Gasteiger charge is -2.15. The number of aromatic nitrogens is 3. The van der Waals surface area contributed by atoms with Gasteiger partial charge in [0.15, 0.2) is 5.16 Å². The Balaban J connectivity index is 1.37. The fourth-order valence-corrected chi connectivity index (χ4v) is 5.73. The molecule has 2 N–H and O–H groups in total. The second-order valence-corrected chi connectivity index (χ2v) is 9.56. The van der Waals surface area contributed by atoms with Crippen molar-refractivity contribution in [2.45, 2.75) is 56.6 Å². The quantitative estimate of drug-likeness (QED) is 0.611. The van der Waals surface area contributed by atoms with Crippen molar-refractivity contribution in [3.8, 4) is 0 Å². The highest BCUT2D eigenvalue weighted by Crippen LogP contribution is 2.34. The van der Waals surface area contributed by atoms with Crippen LogP contribution in [0.15, 0.2) is 39.0 Å². The molecule has 1 aromatic carbocycles. The molecule has 0 radical (unpaired) electrons. The van der Waals surface area contributed by atoms with Crippen LogP contribution < -0.4 is 16.4 Å². The number of aryl methyl sites for hydroxylation is 1. The Bertz CT molecular complexity index is 1320. The molecule has 2 aromatic heterocycles. The number of H-pyrrole nitrogens is 1. The molecule has 3 aromatic rings. The van der Waals surface area contributed by atoms with Crippen LogP contribution in [0.1, 0.15) is 55.5 Å². The lowest BCUT2D eigenvalue weighted by atomic mass is 9.99. The summed E-state index contributed by atoms with van der Waals surface area (Å²) in [5, 5.41) is 4.63. The van der Waals surface area contributed by atoms with Gasteiger partial charge in [0.05, 0.1) is 17.3 Å². The van der Waals surface area contributed by atoms with Gasteiger partial charge < -0.3 is 10.3 Å². The predicted molar refractivity (Wildman–Crippen MR) is 122 cm³/mol. The van der Waals surface area contributed by atoms with Crippen LogP contribution in [0.4, 0.5) is 5.69 Å². The normalized spacial score (nSPS) is 17.2. The summed E-state index contributed by atoms with van der Waals surface area (Å²) in [5.41, 5.74) is 3.92. The first kappa shape index (κ1) is 20.1. The molecule has 0 saturated heterocycles. The number of nitrogens with zero attached hydrogens (tertiary/aromatic N) is 2. The van der Waals surface area contributed by atoms with Crippen LogP contribution in [0.5, 0.6) is 0 Å². The summed E-state index contributed by atoms with van der Waals surface area (Å²) in [6, 6.07) is 7.00. The van der Waals surface area contributed by atoms with Gasteiger partial charge in [-0.25, -0.2) is 4.98 Å². The number of benzene rings is 1. The summed E-state index contributed by atoms with van der Waals surface area (Å²) in [5.74, 6) is 0.729. The molecule has 7 nitrogen and oxygen atoms in total. The summed E-state index contributed by atoms with van der Waals surface area (Å²) in [7, 11) is 0. The number of carbonyl (C=O) groups is 1. The molecule has 1 aliphatic heterocycles. The number of aromatic amines is 1. The van der Waals surface area contributed by atoms with Gasteiger partial charge in [-0.1, -0.05) is 31.7 Å². The van der Waals surface area contributed by atoms with E-state index < -0.39 is 0 Å². The maximum atomic E-state index is 12.9. The highest BCUT2D eigenvalue weighted by molar-refractivity contribution is 7.99. The fourth-order valence-electron chi connectivity index (χ4n) is 4.57. The molecule has 3 heterocycles. The van der Waals surface area contributed by atoms with Crippen LogP contribution in [0.3, 0.4) is 0 Å². The van der Waals surface area contributed by atoms with Crippen LogP contribution in [-0.2, 0) is 17.6 Å². The third-order valence-corrected chi connectivity index (χ3v) is 7.17. The third kappa shape index (κ3) is 3.59. The molecule has 1 unspecified atom stereocenters. The van der Waals surface area contributed by atoms with Crippen LogP contribution in [0.2, 0.25) is 0 Å². The largest absolute Gasteiger partial charge is 0.326 e. The topological polar surface area (TPSA) is 96.8 Å². The Kier molecular flexibility index (Phi) is 4.97. The van der Waals surface area contributed by atoms with Gasteiger partial charge in [-0.05, 0) is 42.9 Å². The summed E-state index contributed by atoms with van der Waals surface area (Å²) in [6.45, 7) is 4.10. The van der Waals surface area contributed by atoms with E-state index in [1.165, 1.54) is 0 Å². The summed E-state index contributed by atoms with van der Waals surface area (Å²) in [4.78, 5) is 45.2. The Morgan fingerprint density at radius 3 is 2.94 bits per heavy atom. The van der Waals surface area contributed by atoms with Gasteiger partial charge in [-0.15, -0.1) is 0 Å². The first-order chi connectivity index (χ1) is 14.9. The zero-order valence-corrected chi connectivity index (χ0v) is 18.3. The maximum absolute atomic E-state index is 12.9. The summed E-state index contributed by atoms with van der Waals surface area (Å²) in [6.07, 6.45) is 2.83. The molecule has 1 aliphatic carbocycles. The van der Waals surface area contributed by atoms with Crippen molar-refractivity contribution in [3.63, 3.8) is 0 Å². The monoisotopic (exact) mass is 436 g/mol. The molecule has 0 bridgehead atoms. The molecular weight excluding hydrogens is 412 g/mol. The van der Waals surface area contributed by atoms with E-state index in [-0.39, 0.29) is 35.4 Å². The number of thioether (sulfide) groups is 1. The molecule has 0 fully saturated rings. The van der Waals surface area contributed by atoms with E-state index in [2.05, 4.69) is 15.3 Å². The van der Waals surface area contributed by atoms with Crippen molar-refractivity contribution in [1.82, 2.24) is 14.5 Å². The average Bonchev–Trinajstić information content (AvgIpc) is 3.34. The van der Waals surface area contributed by atoms with Gasteiger partial charge in [0.1, 0.15) is 0 Å². The minimum Gasteiger partial charge on any atom is -0.326 e. The molecular formula is C23H24N4O3S. The average molecular weight is 437 g/mol. The van der Waals surface area contributed by atoms with Crippen molar-refractivity contribution in [2.24, 2.45) is 0 Å². The Morgan fingerprint density at radius 1 is 1.29 bits per heavy atom. The van der Waals surface area contributed by atoms with Gasteiger partial charge in [-0.3, -0.25) is 19.0 Å². The van der Waals surface area contributed by atoms with Gasteiger partial charge >= 0.3 is 0 Å². The van der Waals surface area contributed by atoms with Crippen molar-refractivity contribution in [2.75, 3.05) is 11.1 Å². The van der Waals surface area contributed by atoms with E-state index in [0.717, 1.165) is 46.6 Å². The van der Waals surface area contributed by atoms with Crippen molar-refractivity contribution >= 4 is 34.3 Å². The molecule has 8 heteroatoms. The van der Waals surface area contributed by atoms with Gasteiger partial charge in [0.25, 0.3) is 5.56 Å². The lowest BCUT2D eigenvalue weighted by Crippen LogP contribution is -2.30. The maximum Gasteiger partial charge on any atom is 0.257 e. The standard InChI is InChI=1S/C23H24N4O3S/c1-12(2)17-10-21(29)25-19-8-13(6-7-15(17)19)24-20(28)9-14-11-31-23-26-18-5-3-4-16(18)22(30)27(14)23/h6-8,10,12,14H,3-5,9,11H2,1-2H3,(H,24,28)(H,25,29). The Hall–Kier alpha value is -2.87. The highest BCUT2D eigenvalue weighted by Gasteiger charge is 2.31. The van der Waals surface area contributed by atoms with Crippen LogP contribution in [0.25, 0.3) is 10.9 Å². The number of anilines is 1. The van der Waals surface area contributed by atoms with Gasteiger partial charge in [-0.2, -0.15) is 0 Å². The number of fused-ring (bicyclic) bond motifs is 3. The smallest absolute Gasteiger partial charge is 0.257 e. The fraction of sp³-hybridized carbons (Fsp3) is 0.391. The molecule has 0 spiro atoms. The minimum absolute atomic E-state index is 0.0183. The number of pyridine rings is 1. The second kappa shape index (κ2) is 7.67. The second-order valence-electron chi connectivity index (χ2n) is 8.57. The minimum atomic E-state index is -0.196. The van der Waals surface area contributed by atoms with Crippen molar-refractivity contribution in [3.05, 3.63) is 61.8 Å². The van der Waals surface area contributed by atoms with Crippen LogP contribution in [0, 0.1) is 0 Å². The predicted octanol–water partition coefficient (Wildman–Crippen LogP) is 3.37. The van der Waals surface area contributed by atoms with E-state index in [9.17, 15) is 14.4 Å². The first-order valence-electron chi connectivity index (χ1n) is 10.6. The highest BCUT2D eigenvalue weighted by atomic mass is 32.2. The number of hydrogen-bond donors (Lipinski definition) is 2. The molecule has 1 amide bonds. The zero-order valence-electron chi connectivity index (χ0n) is 17.5. The molecule has 31 heavy (non-hydrogen) atoms. The van der Waals surface area contributed by atoms with E-state index in [0.29, 0.717) is 17.0 Å². The van der Waals surface area contributed by atoms with Crippen molar-refractivity contribution in [1.29, 1.82) is 0 Å². The van der Waals surface area contributed by atoms with Crippen LogP contribution in [-0.4, -0.2) is 26.2 Å². The SMILES string of the molecule is CC(C)c1cc(=O)[nH]c2cc(NC(=O)CC3CSc4nc5c(c(=O)n43)CCC5)ccc12. The number of carbonyl (C=O) groups excluding carboxylic acids is 1. The third-order valence-electron chi connectivity index (χ3n) is 6.07. The van der Waals surface area contributed by atoms with Gasteiger partial charge in [0, 0.05) is 34.9 Å². The number of nitrogens with one attached hydrogen (secondary N) is 2. The number of hydrogen-bond acceptors (Lipinski definition) is 5. The molecule has 0 saturated carbocycles. The van der Waals surface area contributed by atoms with Gasteiger partial charge in [0.2, 0.25) is 11.5 Å². The van der Waals surface area contributed by atoms with Crippen molar-refractivity contribution < 1.29 is 4.79 Å². The molecule has 160 valence electrons. The lowest BCUT2D eigenvalue weighted by molar-refractivity contribution is -0.116. The molecule has 1 atom stereocenters. The number of rotatable bonds is 4. The Morgan fingerprint density at radius 2 is 2.13 bits per heavy atom. The van der Waals surface area contributed by atoms with E-state index >= 15 is 0 Å². The zero-order chi connectivity index (χ0) is 21.7. The van der Waals surface area contributed by atoms with Crippen LogP contribution >= 0.6 is 11.8 Å². The first-order valence-corrected chi connectivity index (χ1v) is 11.6. The summed E-state index contributed by atoms with van der Waals surface area (Å²) < 4.78 is 1.71. The van der Waals surface area contributed by atoms with E-state index in [4.69, 9.17) is 0 Å². The van der Waals surface area contributed by atoms with E-state index in [1.807, 2.05) is 26.0 Å². The Labute approximate surface area is 183 Å².